The van der Waals surface area contributed by atoms with Crippen LogP contribution in [0.2, 0.25) is 0 Å². The third-order valence-corrected chi connectivity index (χ3v) is 4.64. The molecule has 21 heavy (non-hydrogen) atoms. The van der Waals surface area contributed by atoms with Crippen molar-refractivity contribution >= 4 is 0 Å². The average Bonchev–Trinajstić information content (AvgIpc) is 3.00. The molecule has 0 bridgehead atoms. The van der Waals surface area contributed by atoms with Crippen molar-refractivity contribution < 1.29 is 19.8 Å². The van der Waals surface area contributed by atoms with Crippen LogP contribution in [0.1, 0.15) is 35.8 Å². The molecule has 1 saturated heterocycles. The van der Waals surface area contributed by atoms with E-state index in [9.17, 15) is 15.5 Å². The van der Waals surface area contributed by atoms with E-state index in [0.29, 0.717) is 23.4 Å². The summed E-state index contributed by atoms with van der Waals surface area (Å²) in [6.45, 7) is 0. The number of rotatable bonds is 1. The molecule has 0 amide bonds. The molecule has 1 aliphatic heterocycles. The molecule has 0 radical (unpaired) electrons. The van der Waals surface area contributed by atoms with Gasteiger partial charge in [-0.25, -0.2) is 0 Å². The van der Waals surface area contributed by atoms with Gasteiger partial charge in [-0.1, -0.05) is 30.3 Å². The molecule has 0 saturated carbocycles. The second kappa shape index (κ2) is 4.27. The average molecular weight is 289 g/mol. The Morgan fingerprint density at radius 1 is 1.38 bits per heavy atom. The van der Waals surface area contributed by atoms with Crippen LogP contribution in [0.15, 0.2) is 35.0 Å². The minimum atomic E-state index is -1.36. The summed E-state index contributed by atoms with van der Waals surface area (Å²) < 4.78 is 4.62. The van der Waals surface area contributed by atoms with Crippen molar-refractivity contribution in [1.82, 2.24) is 10.2 Å². The summed E-state index contributed by atoms with van der Waals surface area (Å²) >= 11 is 0. The Bertz CT molecular complexity index is 674. The van der Waals surface area contributed by atoms with Crippen molar-refractivity contribution in [2.24, 2.45) is 0 Å². The van der Waals surface area contributed by atoms with E-state index in [1.54, 1.807) is 0 Å². The standard InChI is InChI=1S/C14H15N3O4/c18-14-8-11(9-4-2-1-3-5-9)16(19)12(14)7-6-10-13(14)15-21-17(10)20/h1-5,11-12,18-19H,6-8H2/t11-,12-,14+/m0/s1. The minimum Gasteiger partial charge on any atom is -0.379 e. The summed E-state index contributed by atoms with van der Waals surface area (Å²) in [5.74, 6) is 0. The Labute approximate surface area is 120 Å². The van der Waals surface area contributed by atoms with E-state index in [-0.39, 0.29) is 18.2 Å². The Morgan fingerprint density at radius 2 is 2.14 bits per heavy atom. The predicted octanol–water partition coefficient (Wildman–Crippen LogP) is 0.647. The highest BCUT2D eigenvalue weighted by Gasteiger charge is 2.60. The molecule has 4 rings (SSSR count). The molecular weight excluding hydrogens is 274 g/mol. The molecule has 3 atom stereocenters. The molecule has 0 spiro atoms. The topological polar surface area (TPSA) is 96.7 Å². The van der Waals surface area contributed by atoms with Crippen molar-refractivity contribution in [1.29, 1.82) is 0 Å². The molecule has 1 aromatic heterocycles. The number of aromatic nitrogens is 2. The van der Waals surface area contributed by atoms with Gasteiger partial charge in [-0.2, -0.15) is 5.06 Å². The lowest BCUT2D eigenvalue weighted by atomic mass is 9.80. The molecule has 2 aromatic rings. The van der Waals surface area contributed by atoms with Crippen LogP contribution in [0.4, 0.5) is 0 Å². The second-order valence-electron chi connectivity index (χ2n) is 5.71. The number of hydrogen-bond acceptors (Lipinski definition) is 6. The Morgan fingerprint density at radius 3 is 2.90 bits per heavy atom. The first-order valence-electron chi connectivity index (χ1n) is 6.95. The quantitative estimate of drug-likeness (QED) is 0.748. The molecule has 1 fully saturated rings. The van der Waals surface area contributed by atoms with Gasteiger partial charge < -0.3 is 15.5 Å². The first kappa shape index (κ1) is 12.8. The van der Waals surface area contributed by atoms with Gasteiger partial charge >= 0.3 is 0 Å². The zero-order chi connectivity index (χ0) is 14.6. The number of aliphatic hydroxyl groups is 1. The van der Waals surface area contributed by atoms with Gasteiger partial charge in [-0.3, -0.25) is 4.63 Å². The van der Waals surface area contributed by atoms with E-state index < -0.39 is 11.6 Å². The predicted molar refractivity (Wildman–Crippen MR) is 68.9 cm³/mol. The van der Waals surface area contributed by atoms with Crippen LogP contribution in [-0.2, 0) is 12.0 Å². The van der Waals surface area contributed by atoms with Crippen LogP contribution in [0.3, 0.4) is 0 Å². The molecule has 1 aliphatic carbocycles. The third kappa shape index (κ3) is 1.65. The lowest BCUT2D eigenvalue weighted by Gasteiger charge is -2.31. The monoisotopic (exact) mass is 289 g/mol. The number of benzene rings is 1. The zero-order valence-electron chi connectivity index (χ0n) is 11.2. The highest BCUT2D eigenvalue weighted by molar-refractivity contribution is 5.29. The molecule has 2 aliphatic rings. The Hall–Kier alpha value is -1.96. The van der Waals surface area contributed by atoms with Gasteiger partial charge in [0, 0.05) is 18.0 Å². The molecule has 2 N–H and O–H groups in total. The van der Waals surface area contributed by atoms with Crippen molar-refractivity contribution in [2.45, 2.75) is 36.9 Å². The van der Waals surface area contributed by atoms with E-state index in [1.165, 1.54) is 5.06 Å². The van der Waals surface area contributed by atoms with Crippen molar-refractivity contribution in [3.8, 4) is 0 Å². The van der Waals surface area contributed by atoms with Gasteiger partial charge in [-0.15, -0.1) is 0 Å². The molecule has 2 heterocycles. The van der Waals surface area contributed by atoms with E-state index >= 15 is 0 Å². The minimum absolute atomic E-state index is 0.256. The van der Waals surface area contributed by atoms with Crippen molar-refractivity contribution in [3.63, 3.8) is 0 Å². The fourth-order valence-electron chi connectivity index (χ4n) is 3.61. The zero-order valence-corrected chi connectivity index (χ0v) is 11.2. The number of nitrogens with zero attached hydrogens (tertiary/aromatic N) is 3. The highest BCUT2D eigenvalue weighted by atomic mass is 16.8. The van der Waals surface area contributed by atoms with Crippen LogP contribution in [0.25, 0.3) is 0 Å². The summed E-state index contributed by atoms with van der Waals surface area (Å²) in [7, 11) is 0. The highest BCUT2D eigenvalue weighted by Crippen LogP contribution is 2.50. The fourth-order valence-corrected chi connectivity index (χ4v) is 3.61. The summed E-state index contributed by atoms with van der Waals surface area (Å²) in [4.78, 5) is 0.348. The SMILES string of the molecule is [O-][n+]1onc2c1CC[C@@H]1N(O)[C@H](c3ccccc3)C[C@]21O. The van der Waals surface area contributed by atoms with Crippen LogP contribution >= 0.6 is 0 Å². The van der Waals surface area contributed by atoms with Crippen LogP contribution in [0.5, 0.6) is 0 Å². The molecule has 0 unspecified atom stereocenters. The normalized spacial score (nSPS) is 31.9. The molecular formula is C14H15N3O4. The van der Waals surface area contributed by atoms with Crippen molar-refractivity contribution in [3.05, 3.63) is 52.5 Å². The molecule has 1 aromatic carbocycles. The maximum atomic E-state index is 11.5. The Balaban J connectivity index is 1.77. The first-order chi connectivity index (χ1) is 10.1. The second-order valence-corrected chi connectivity index (χ2v) is 5.71. The van der Waals surface area contributed by atoms with E-state index in [1.807, 2.05) is 30.3 Å². The van der Waals surface area contributed by atoms with E-state index in [4.69, 9.17) is 0 Å². The van der Waals surface area contributed by atoms with E-state index in [2.05, 4.69) is 9.79 Å². The van der Waals surface area contributed by atoms with Gasteiger partial charge in [0.1, 0.15) is 0 Å². The maximum absolute atomic E-state index is 11.5. The lowest BCUT2D eigenvalue weighted by molar-refractivity contribution is -0.808. The first-order valence-corrected chi connectivity index (χ1v) is 6.95. The van der Waals surface area contributed by atoms with Gasteiger partial charge in [0.05, 0.1) is 12.1 Å². The van der Waals surface area contributed by atoms with Gasteiger partial charge in [0.15, 0.2) is 5.60 Å². The smallest absolute Gasteiger partial charge is 0.254 e. The molecule has 110 valence electrons. The number of fused-ring (bicyclic) bond motifs is 3. The third-order valence-electron chi connectivity index (χ3n) is 4.64. The van der Waals surface area contributed by atoms with E-state index in [0.717, 1.165) is 5.56 Å². The lowest BCUT2D eigenvalue weighted by Crippen LogP contribution is -2.47. The van der Waals surface area contributed by atoms with Gasteiger partial charge in [-0.05, 0) is 16.9 Å². The molecule has 7 nitrogen and oxygen atoms in total. The maximum Gasteiger partial charge on any atom is 0.254 e. The van der Waals surface area contributed by atoms with Crippen molar-refractivity contribution in [2.75, 3.05) is 0 Å². The summed E-state index contributed by atoms with van der Waals surface area (Å²) in [5.41, 5.74) is 0.173. The Kier molecular flexibility index (Phi) is 2.59. The van der Waals surface area contributed by atoms with Crippen LogP contribution in [0, 0.1) is 5.21 Å². The largest absolute Gasteiger partial charge is 0.379 e. The summed E-state index contributed by atoms with van der Waals surface area (Å²) in [5, 5.41) is 37.9. The number of hydrogen-bond donors (Lipinski definition) is 2. The van der Waals surface area contributed by atoms with Gasteiger partial charge in [0.25, 0.3) is 5.69 Å². The number of hydroxylamine groups is 2. The van der Waals surface area contributed by atoms with Gasteiger partial charge in [0.2, 0.25) is 5.69 Å². The van der Waals surface area contributed by atoms with Crippen LogP contribution in [-0.4, -0.2) is 26.6 Å². The van der Waals surface area contributed by atoms with Crippen LogP contribution < -0.4 is 4.90 Å². The fraction of sp³-hybridized carbons (Fsp3) is 0.429. The molecule has 7 heteroatoms. The summed E-state index contributed by atoms with van der Waals surface area (Å²) in [6, 6.07) is 8.69. The summed E-state index contributed by atoms with van der Waals surface area (Å²) in [6.07, 6.45) is 1.18.